The molecule has 1 atom stereocenters. The van der Waals surface area contributed by atoms with Crippen LogP contribution in [0.1, 0.15) is 26.2 Å². The molecule has 0 aromatic carbocycles. The van der Waals surface area contributed by atoms with E-state index in [4.69, 9.17) is 4.74 Å². The van der Waals surface area contributed by atoms with E-state index in [0.717, 1.165) is 4.31 Å². The second-order valence-corrected chi connectivity index (χ2v) is 6.90. The minimum absolute atomic E-state index is 0.274. The number of carbonyl (C=O) groups excluding carboxylic acids is 2. The van der Waals surface area contributed by atoms with Crippen LogP contribution in [0.3, 0.4) is 0 Å². The van der Waals surface area contributed by atoms with Gasteiger partial charge in [0.2, 0.25) is 21.8 Å². The van der Waals surface area contributed by atoms with Crippen LogP contribution in [0.25, 0.3) is 0 Å². The van der Waals surface area contributed by atoms with Crippen LogP contribution in [-0.4, -0.2) is 55.6 Å². The van der Waals surface area contributed by atoms with Gasteiger partial charge in [-0.2, -0.15) is 4.31 Å². The van der Waals surface area contributed by atoms with Crippen LogP contribution < -0.4 is 5.32 Å². The molecule has 2 fully saturated rings. The summed E-state index contributed by atoms with van der Waals surface area (Å²) in [5, 5.41) is 1.62. The average Bonchev–Trinajstić information content (AvgIpc) is 2.39. The van der Waals surface area contributed by atoms with Gasteiger partial charge in [-0.1, -0.05) is 6.92 Å². The number of hydrogen-bond donors (Lipinski definition) is 1. The summed E-state index contributed by atoms with van der Waals surface area (Å²) in [5.74, 6) is -1.10. The van der Waals surface area contributed by atoms with Gasteiger partial charge in [-0.3, -0.25) is 14.9 Å². The molecule has 19 heavy (non-hydrogen) atoms. The van der Waals surface area contributed by atoms with Gasteiger partial charge in [-0.05, 0) is 19.3 Å². The van der Waals surface area contributed by atoms with Gasteiger partial charge >= 0.3 is 0 Å². The molecule has 108 valence electrons. The van der Waals surface area contributed by atoms with E-state index in [0.29, 0.717) is 32.5 Å². The lowest BCUT2D eigenvalue weighted by Crippen LogP contribution is -2.61. The number of amides is 2. The Labute approximate surface area is 112 Å². The van der Waals surface area contributed by atoms with Crippen LogP contribution in [0.15, 0.2) is 0 Å². The van der Waals surface area contributed by atoms with E-state index in [1.165, 1.54) is 0 Å². The maximum absolute atomic E-state index is 12.5. The van der Waals surface area contributed by atoms with Gasteiger partial charge in [-0.25, -0.2) is 8.42 Å². The highest BCUT2D eigenvalue weighted by Gasteiger charge is 2.43. The Morgan fingerprint density at radius 3 is 2.53 bits per heavy atom. The standard InChI is InChI=1S/C11H18N2O5S/c1-2-9-11(15)12-10(14)7-13(9)19(16,17)8-3-5-18-6-4-8/h8-9H,2-7H2,1H3,(H,12,14,15). The van der Waals surface area contributed by atoms with Gasteiger partial charge in [-0.15, -0.1) is 0 Å². The first kappa shape index (κ1) is 14.4. The van der Waals surface area contributed by atoms with Crippen molar-refractivity contribution in [3.63, 3.8) is 0 Å². The molecule has 0 spiro atoms. The van der Waals surface area contributed by atoms with Gasteiger partial charge in [0, 0.05) is 13.2 Å². The Morgan fingerprint density at radius 2 is 1.95 bits per heavy atom. The zero-order chi connectivity index (χ0) is 14.0. The Balaban J connectivity index is 2.25. The van der Waals surface area contributed by atoms with Gasteiger partial charge in [0.25, 0.3) is 0 Å². The second-order valence-electron chi connectivity index (χ2n) is 4.74. The SMILES string of the molecule is CCC1C(=O)NC(=O)CN1S(=O)(=O)C1CCOCC1. The minimum Gasteiger partial charge on any atom is -0.381 e. The van der Waals surface area contributed by atoms with Crippen LogP contribution >= 0.6 is 0 Å². The molecule has 1 N–H and O–H groups in total. The molecule has 1 unspecified atom stereocenters. The van der Waals surface area contributed by atoms with Crippen molar-refractivity contribution in [1.82, 2.24) is 9.62 Å². The molecule has 2 amide bonds. The van der Waals surface area contributed by atoms with Crippen LogP contribution in [-0.2, 0) is 24.3 Å². The second kappa shape index (κ2) is 5.56. The lowest BCUT2D eigenvalue weighted by atomic mass is 10.2. The highest BCUT2D eigenvalue weighted by molar-refractivity contribution is 7.89. The number of piperazine rings is 1. The van der Waals surface area contributed by atoms with E-state index in [1.54, 1.807) is 6.92 Å². The third kappa shape index (κ3) is 2.80. The Hall–Kier alpha value is -0.990. The maximum Gasteiger partial charge on any atom is 0.245 e. The fraction of sp³-hybridized carbons (Fsp3) is 0.818. The fourth-order valence-corrected chi connectivity index (χ4v) is 4.53. The molecule has 0 aromatic rings. The Bertz CT molecular complexity index is 469. The zero-order valence-electron chi connectivity index (χ0n) is 10.8. The van der Waals surface area contributed by atoms with Crippen molar-refractivity contribution < 1.29 is 22.7 Å². The lowest BCUT2D eigenvalue weighted by Gasteiger charge is -2.36. The number of hydrogen-bond acceptors (Lipinski definition) is 5. The summed E-state index contributed by atoms with van der Waals surface area (Å²) in [4.78, 5) is 23.1. The number of ether oxygens (including phenoxy) is 1. The first-order valence-corrected chi connectivity index (χ1v) is 7.89. The molecule has 0 bridgehead atoms. The average molecular weight is 290 g/mol. The summed E-state index contributed by atoms with van der Waals surface area (Å²) in [7, 11) is -3.64. The molecule has 2 rings (SSSR count). The van der Waals surface area contributed by atoms with E-state index < -0.39 is 33.1 Å². The highest BCUT2D eigenvalue weighted by Crippen LogP contribution is 2.23. The number of nitrogens with one attached hydrogen (secondary N) is 1. The monoisotopic (exact) mass is 290 g/mol. The van der Waals surface area contributed by atoms with E-state index >= 15 is 0 Å². The largest absolute Gasteiger partial charge is 0.381 e. The summed E-state index contributed by atoms with van der Waals surface area (Å²) < 4.78 is 31.3. The number of carbonyl (C=O) groups is 2. The summed E-state index contributed by atoms with van der Waals surface area (Å²) >= 11 is 0. The predicted octanol–water partition coefficient (Wildman–Crippen LogP) is -0.768. The number of imide groups is 1. The van der Waals surface area contributed by atoms with Gasteiger partial charge in [0.15, 0.2) is 0 Å². The zero-order valence-corrected chi connectivity index (χ0v) is 11.6. The normalized spacial score (nSPS) is 27.3. The topological polar surface area (TPSA) is 92.8 Å². The highest BCUT2D eigenvalue weighted by atomic mass is 32.2. The van der Waals surface area contributed by atoms with Crippen molar-refractivity contribution in [2.75, 3.05) is 19.8 Å². The van der Waals surface area contributed by atoms with Crippen molar-refractivity contribution in [2.24, 2.45) is 0 Å². The quantitative estimate of drug-likeness (QED) is 0.689. The predicted molar refractivity (Wildman–Crippen MR) is 66.7 cm³/mol. The fourth-order valence-electron chi connectivity index (χ4n) is 2.46. The summed E-state index contributed by atoms with van der Waals surface area (Å²) in [6.45, 7) is 2.25. The third-order valence-corrected chi connectivity index (χ3v) is 5.87. The number of nitrogens with zero attached hydrogens (tertiary/aromatic N) is 1. The van der Waals surface area contributed by atoms with Crippen LogP contribution in [0.4, 0.5) is 0 Å². The first-order chi connectivity index (χ1) is 8.96. The number of rotatable bonds is 3. The molecule has 8 heteroatoms. The molecule has 2 saturated heterocycles. The van der Waals surface area contributed by atoms with Crippen LogP contribution in [0.2, 0.25) is 0 Å². The molecular formula is C11H18N2O5S. The van der Waals surface area contributed by atoms with Gasteiger partial charge < -0.3 is 4.74 Å². The number of sulfonamides is 1. The van der Waals surface area contributed by atoms with Crippen molar-refractivity contribution in [1.29, 1.82) is 0 Å². The molecule has 0 saturated carbocycles. The minimum atomic E-state index is -3.64. The molecule has 0 radical (unpaired) electrons. The van der Waals surface area contributed by atoms with E-state index in [2.05, 4.69) is 5.32 Å². The summed E-state index contributed by atoms with van der Waals surface area (Å²) in [5.41, 5.74) is 0. The van der Waals surface area contributed by atoms with Crippen LogP contribution in [0.5, 0.6) is 0 Å². The Kier molecular flexibility index (Phi) is 4.22. The summed E-state index contributed by atoms with van der Waals surface area (Å²) in [6, 6.07) is -0.787. The molecule has 7 nitrogen and oxygen atoms in total. The maximum atomic E-state index is 12.5. The van der Waals surface area contributed by atoms with Gasteiger partial charge in [0.1, 0.15) is 6.04 Å². The molecule has 2 heterocycles. The third-order valence-electron chi connectivity index (χ3n) is 3.52. The van der Waals surface area contributed by atoms with E-state index in [9.17, 15) is 18.0 Å². The van der Waals surface area contributed by atoms with Crippen molar-refractivity contribution >= 4 is 21.8 Å². The smallest absolute Gasteiger partial charge is 0.245 e. The molecular weight excluding hydrogens is 272 g/mol. The lowest BCUT2D eigenvalue weighted by molar-refractivity contribution is -0.137. The molecule has 2 aliphatic rings. The van der Waals surface area contributed by atoms with E-state index in [1.807, 2.05) is 0 Å². The molecule has 2 aliphatic heterocycles. The molecule has 0 aromatic heterocycles. The van der Waals surface area contributed by atoms with Gasteiger partial charge in [0.05, 0.1) is 11.8 Å². The molecule has 0 aliphatic carbocycles. The van der Waals surface area contributed by atoms with Crippen molar-refractivity contribution in [2.45, 2.75) is 37.5 Å². The van der Waals surface area contributed by atoms with Crippen molar-refractivity contribution in [3.05, 3.63) is 0 Å². The first-order valence-electron chi connectivity index (χ1n) is 6.39. The van der Waals surface area contributed by atoms with Crippen LogP contribution in [0, 0.1) is 0 Å². The van der Waals surface area contributed by atoms with Crippen molar-refractivity contribution in [3.8, 4) is 0 Å². The van der Waals surface area contributed by atoms with E-state index in [-0.39, 0.29) is 6.54 Å². The Morgan fingerprint density at radius 1 is 1.32 bits per heavy atom. The summed E-state index contributed by atoms with van der Waals surface area (Å²) in [6.07, 6.45) is 1.16.